The van der Waals surface area contributed by atoms with Crippen molar-refractivity contribution >= 4 is 17.4 Å². The van der Waals surface area contributed by atoms with Gasteiger partial charge in [-0.3, -0.25) is 0 Å². The first kappa shape index (κ1) is 10.5. The smallest absolute Gasteiger partial charge is 0.0625 e. The van der Waals surface area contributed by atoms with E-state index < -0.39 is 0 Å². The summed E-state index contributed by atoms with van der Waals surface area (Å²) >= 11 is 0. The van der Waals surface area contributed by atoms with Crippen LogP contribution in [0.2, 0.25) is 0 Å². The lowest BCUT2D eigenvalue weighted by Gasteiger charge is -2.05. The van der Waals surface area contributed by atoms with Gasteiger partial charge in [0.25, 0.3) is 0 Å². The van der Waals surface area contributed by atoms with E-state index in [-0.39, 0.29) is 17.4 Å². The van der Waals surface area contributed by atoms with Gasteiger partial charge in [-0.2, -0.15) is 0 Å². The van der Waals surface area contributed by atoms with Gasteiger partial charge in [0.2, 0.25) is 0 Å². The second kappa shape index (κ2) is 4.69. The van der Waals surface area contributed by atoms with E-state index in [1.54, 1.807) is 0 Å². The molecule has 0 aromatic carbocycles. The number of rotatable bonds is 1. The molecule has 0 amide bonds. The zero-order valence-corrected chi connectivity index (χ0v) is 5.15. The Hall–Kier alpha value is 0.532. The zero-order chi connectivity index (χ0) is 5.15. The Balaban J connectivity index is 0. The van der Waals surface area contributed by atoms with Crippen LogP contribution >= 0.6 is 0 Å². The van der Waals surface area contributed by atoms with Gasteiger partial charge in [0, 0.05) is 0 Å². The lowest BCUT2D eigenvalue weighted by atomic mass is 10.0. The third kappa shape index (κ3) is 6.53. The molecule has 0 aliphatic heterocycles. The predicted octanol–water partition coefficient (Wildman–Crippen LogP) is 1.11. The van der Waals surface area contributed by atoms with Crippen molar-refractivity contribution < 1.29 is 0 Å². The highest BCUT2D eigenvalue weighted by atomic mass is 27.0. The number of hydrogen-bond donors (Lipinski definition) is 0. The van der Waals surface area contributed by atoms with Gasteiger partial charge in [0.1, 0.15) is 0 Å². The van der Waals surface area contributed by atoms with Crippen LogP contribution in [-0.2, 0) is 0 Å². The van der Waals surface area contributed by atoms with E-state index in [1.165, 1.54) is 0 Å². The summed E-state index contributed by atoms with van der Waals surface area (Å²) in [5.74, 6) is 1.70. The first-order valence-electron chi connectivity index (χ1n) is 2.64. The van der Waals surface area contributed by atoms with Crippen molar-refractivity contribution in [1.82, 2.24) is 0 Å². The minimum Gasteiger partial charge on any atom is -0.0625 e. The Morgan fingerprint density at radius 3 is 0.857 bits per heavy atom. The van der Waals surface area contributed by atoms with Crippen molar-refractivity contribution in [3.8, 4) is 0 Å². The van der Waals surface area contributed by atoms with E-state index >= 15 is 0 Å². The van der Waals surface area contributed by atoms with E-state index in [4.69, 9.17) is 0 Å². The van der Waals surface area contributed by atoms with E-state index in [0.717, 1.165) is 11.8 Å². The molecule has 0 aliphatic rings. The monoisotopic (exact) mass is 116 g/mol. The van der Waals surface area contributed by atoms with Crippen molar-refractivity contribution in [3.63, 3.8) is 0 Å². The molecule has 0 spiro atoms. The fraction of sp³-hybridized carbons (Fsp3) is 1.00. The maximum Gasteiger partial charge on any atom is 0.187 e. The lowest BCUT2D eigenvalue weighted by molar-refractivity contribution is 0.457. The van der Waals surface area contributed by atoms with Gasteiger partial charge >= 0.3 is 0 Å². The Bertz CT molecular complexity index is 25.2. The molecule has 0 bridgehead atoms. The molecule has 0 rings (SSSR count). The van der Waals surface area contributed by atoms with Crippen LogP contribution in [0.5, 0.6) is 0 Å². The van der Waals surface area contributed by atoms with Crippen molar-refractivity contribution in [2.24, 2.45) is 11.8 Å². The zero-order valence-electron chi connectivity index (χ0n) is 5.15. The highest BCUT2D eigenvalue weighted by Crippen LogP contribution is 2.05. The molecule has 0 N–H and O–H groups in total. The van der Waals surface area contributed by atoms with E-state index in [9.17, 15) is 0 Å². The van der Waals surface area contributed by atoms with E-state index in [0.29, 0.717) is 0 Å². The quantitative estimate of drug-likeness (QED) is 0.450. The maximum atomic E-state index is 2.24. The third-order valence-electron chi connectivity index (χ3n) is 1.33. The van der Waals surface area contributed by atoms with E-state index in [2.05, 4.69) is 27.7 Å². The minimum absolute atomic E-state index is 0. The van der Waals surface area contributed by atoms with Gasteiger partial charge in [-0.25, -0.2) is 0 Å². The summed E-state index contributed by atoms with van der Waals surface area (Å²) in [6.07, 6.45) is 0. The van der Waals surface area contributed by atoms with Crippen molar-refractivity contribution in [1.29, 1.82) is 0 Å². The van der Waals surface area contributed by atoms with Crippen LogP contribution in [-0.4, -0.2) is 17.4 Å². The van der Waals surface area contributed by atoms with Gasteiger partial charge < -0.3 is 0 Å². The molecule has 44 valence electrons. The molecule has 0 aromatic rings. The Morgan fingerprint density at radius 1 is 0.714 bits per heavy atom. The fourth-order valence-electron chi connectivity index (χ4n) is 0. The van der Waals surface area contributed by atoms with Crippen molar-refractivity contribution in [2.75, 3.05) is 0 Å². The van der Waals surface area contributed by atoms with Gasteiger partial charge in [-0.05, 0) is 11.8 Å². The molecule has 0 radical (unpaired) electrons. The van der Waals surface area contributed by atoms with Gasteiger partial charge in [-0.1, -0.05) is 27.7 Å². The highest BCUT2D eigenvalue weighted by Gasteiger charge is 1.95. The Labute approximate surface area is 57.4 Å². The first-order valence-corrected chi connectivity index (χ1v) is 2.64. The van der Waals surface area contributed by atoms with Gasteiger partial charge in [0.05, 0.1) is 0 Å². The number of hydrogen-bond acceptors (Lipinski definition) is 0. The molecular weight excluding hydrogens is 99.0 g/mol. The average molecular weight is 116 g/mol. The normalized spacial score (nSPS) is 9.43. The molecule has 0 atom stereocenters. The molecule has 0 saturated heterocycles. The van der Waals surface area contributed by atoms with Gasteiger partial charge in [0.15, 0.2) is 17.4 Å². The highest BCUT2D eigenvalue weighted by molar-refractivity contribution is 5.75. The summed E-state index contributed by atoms with van der Waals surface area (Å²) in [4.78, 5) is 0. The minimum atomic E-state index is 0. The fourth-order valence-corrected chi connectivity index (χ4v) is 0. The van der Waals surface area contributed by atoms with Crippen LogP contribution in [0, 0.1) is 11.8 Å². The molecule has 0 saturated carbocycles. The van der Waals surface area contributed by atoms with Crippen LogP contribution in [0.25, 0.3) is 0 Å². The Morgan fingerprint density at radius 2 is 0.857 bits per heavy atom. The van der Waals surface area contributed by atoms with Crippen LogP contribution in [0.3, 0.4) is 0 Å². The molecule has 0 aliphatic carbocycles. The molecule has 1 heteroatoms. The van der Waals surface area contributed by atoms with Crippen LogP contribution in [0.1, 0.15) is 27.7 Å². The standard InChI is InChI=1S/C6H14.Al.3H/c1-5(2)6(3)4;;;;/h5-6H,1-4H3;;;;. The summed E-state index contributed by atoms with van der Waals surface area (Å²) in [5, 5.41) is 0. The molecule has 7 heavy (non-hydrogen) atoms. The first-order chi connectivity index (χ1) is 2.64. The molecule has 0 nitrogen and oxygen atoms in total. The summed E-state index contributed by atoms with van der Waals surface area (Å²) in [7, 11) is 0. The second-order valence-electron chi connectivity index (χ2n) is 2.49. The topological polar surface area (TPSA) is 0 Å². The summed E-state index contributed by atoms with van der Waals surface area (Å²) < 4.78 is 0. The maximum absolute atomic E-state index is 2.24. The summed E-state index contributed by atoms with van der Waals surface area (Å²) in [6, 6.07) is 0. The van der Waals surface area contributed by atoms with Crippen LogP contribution in [0.15, 0.2) is 0 Å². The van der Waals surface area contributed by atoms with Crippen LogP contribution in [0.4, 0.5) is 0 Å². The van der Waals surface area contributed by atoms with Gasteiger partial charge in [-0.15, -0.1) is 0 Å². The molecule has 0 fully saturated rings. The molecular formula is C6H17Al. The largest absolute Gasteiger partial charge is 0.187 e. The van der Waals surface area contributed by atoms with Crippen molar-refractivity contribution in [3.05, 3.63) is 0 Å². The van der Waals surface area contributed by atoms with Crippen LogP contribution < -0.4 is 0 Å². The summed E-state index contributed by atoms with van der Waals surface area (Å²) in [5.41, 5.74) is 0. The average Bonchev–Trinajstić information content (AvgIpc) is 1.36. The van der Waals surface area contributed by atoms with Crippen molar-refractivity contribution in [2.45, 2.75) is 27.7 Å². The summed E-state index contributed by atoms with van der Waals surface area (Å²) in [6.45, 7) is 8.96. The predicted molar refractivity (Wildman–Crippen MR) is 39.6 cm³/mol. The third-order valence-corrected chi connectivity index (χ3v) is 1.33. The molecule has 0 heterocycles. The SMILES string of the molecule is CC(C)C(C)C.[AlH3]. The lowest BCUT2D eigenvalue weighted by Crippen LogP contribution is -1.95. The second-order valence-corrected chi connectivity index (χ2v) is 2.49. The Kier molecular flexibility index (Phi) is 7.03. The van der Waals surface area contributed by atoms with E-state index in [1.807, 2.05) is 0 Å². The molecule has 0 unspecified atom stereocenters. The molecule has 0 aromatic heterocycles.